The van der Waals surface area contributed by atoms with Gasteiger partial charge in [-0.1, -0.05) is 77.9 Å². The molecule has 0 N–H and O–H groups in total. The molecule has 0 aromatic heterocycles. The summed E-state index contributed by atoms with van der Waals surface area (Å²) < 4.78 is 0. The quantitative estimate of drug-likeness (QED) is 0.509. The van der Waals surface area contributed by atoms with Crippen LogP contribution in [0.25, 0.3) is 10.8 Å². The zero-order valence-corrected chi connectivity index (χ0v) is 17.6. The van der Waals surface area contributed by atoms with E-state index in [4.69, 9.17) is 0 Å². The zero-order chi connectivity index (χ0) is 20.5. The Labute approximate surface area is 167 Å². The third-order valence-corrected chi connectivity index (χ3v) is 4.87. The molecule has 3 nitrogen and oxygen atoms in total. The first kappa shape index (κ1) is 19.9. The molecule has 0 unspecified atom stereocenters. The highest BCUT2D eigenvalue weighted by Crippen LogP contribution is 2.39. The fourth-order valence-corrected chi connectivity index (χ4v) is 3.29. The summed E-state index contributed by atoms with van der Waals surface area (Å²) in [7, 11) is 0. The van der Waals surface area contributed by atoms with Crippen LogP contribution in [0.4, 0.5) is 5.69 Å². The molecule has 0 atom stereocenters. The lowest BCUT2D eigenvalue weighted by molar-refractivity contribution is -0.114. The van der Waals surface area contributed by atoms with E-state index in [0.717, 1.165) is 33.2 Å². The minimum atomic E-state index is -0.228. The fraction of sp³-hybridized carbons (Fsp3) is 0.320. The molecule has 144 valence electrons. The van der Waals surface area contributed by atoms with Gasteiger partial charge in [-0.05, 0) is 40.0 Å². The molecule has 0 amide bonds. The van der Waals surface area contributed by atoms with Crippen molar-refractivity contribution in [3.05, 3.63) is 77.5 Å². The highest BCUT2D eigenvalue weighted by Gasteiger charge is 2.33. The van der Waals surface area contributed by atoms with E-state index in [1.54, 1.807) is 6.20 Å². The first-order valence-corrected chi connectivity index (χ1v) is 9.65. The lowest BCUT2D eigenvalue weighted by Crippen LogP contribution is -2.27. The number of benzene rings is 2. The van der Waals surface area contributed by atoms with Crippen molar-refractivity contribution in [3.8, 4) is 0 Å². The van der Waals surface area contributed by atoms with Crippen LogP contribution in [0.5, 0.6) is 0 Å². The van der Waals surface area contributed by atoms with Crippen molar-refractivity contribution in [2.75, 3.05) is 0 Å². The Morgan fingerprint density at radius 3 is 1.96 bits per heavy atom. The molecule has 1 aliphatic carbocycles. The molecule has 0 fully saturated rings. The van der Waals surface area contributed by atoms with Crippen molar-refractivity contribution >= 4 is 22.2 Å². The van der Waals surface area contributed by atoms with Crippen LogP contribution in [0.3, 0.4) is 0 Å². The van der Waals surface area contributed by atoms with Gasteiger partial charge in [0.2, 0.25) is 0 Å². The van der Waals surface area contributed by atoms with Crippen LogP contribution in [-0.4, -0.2) is 5.78 Å². The third kappa shape index (κ3) is 4.19. The van der Waals surface area contributed by atoms with Crippen molar-refractivity contribution in [3.63, 3.8) is 0 Å². The van der Waals surface area contributed by atoms with E-state index in [-0.39, 0.29) is 16.6 Å². The van der Waals surface area contributed by atoms with Crippen LogP contribution in [0, 0.1) is 10.8 Å². The Hall–Kier alpha value is -2.81. The largest absolute Gasteiger partial charge is 0.289 e. The van der Waals surface area contributed by atoms with Gasteiger partial charge in [-0.3, -0.25) is 4.79 Å². The van der Waals surface area contributed by atoms with Crippen LogP contribution >= 0.6 is 0 Å². The number of hydrogen-bond donors (Lipinski definition) is 0. The summed E-state index contributed by atoms with van der Waals surface area (Å²) in [6.07, 6.45) is 5.63. The van der Waals surface area contributed by atoms with Gasteiger partial charge in [-0.25, -0.2) is 0 Å². The minimum Gasteiger partial charge on any atom is -0.289 e. The number of azo groups is 1. The van der Waals surface area contributed by atoms with E-state index in [1.165, 1.54) is 0 Å². The van der Waals surface area contributed by atoms with E-state index in [9.17, 15) is 4.79 Å². The monoisotopic (exact) mass is 372 g/mol. The SMILES string of the molecule is CC(C)(C)C1=CC(=CN=Nc2cccc3ccccc23)C=C(C(C)(C)C)C1=O. The summed E-state index contributed by atoms with van der Waals surface area (Å²) in [5, 5.41) is 11.0. The van der Waals surface area contributed by atoms with Crippen molar-refractivity contribution in [1.82, 2.24) is 0 Å². The van der Waals surface area contributed by atoms with Gasteiger partial charge in [0.25, 0.3) is 0 Å². The molecule has 2 aromatic rings. The Bertz CT molecular complexity index is 997. The van der Waals surface area contributed by atoms with Crippen LogP contribution in [0.15, 0.2) is 87.8 Å². The average molecular weight is 373 g/mol. The fourth-order valence-electron chi connectivity index (χ4n) is 3.29. The summed E-state index contributed by atoms with van der Waals surface area (Å²) in [6.45, 7) is 12.4. The van der Waals surface area contributed by atoms with Gasteiger partial charge in [0.15, 0.2) is 5.78 Å². The highest BCUT2D eigenvalue weighted by atomic mass is 16.1. The van der Waals surface area contributed by atoms with E-state index in [2.05, 4.69) is 63.9 Å². The molecule has 0 spiro atoms. The van der Waals surface area contributed by atoms with Gasteiger partial charge >= 0.3 is 0 Å². The van der Waals surface area contributed by atoms with Gasteiger partial charge in [0.05, 0.1) is 11.9 Å². The molecule has 0 bridgehead atoms. The first-order chi connectivity index (χ1) is 13.1. The van der Waals surface area contributed by atoms with Crippen LogP contribution < -0.4 is 0 Å². The number of hydrogen-bond acceptors (Lipinski definition) is 3. The number of carbonyl (C=O) groups excluding carboxylic acids is 1. The number of nitrogens with zero attached hydrogens (tertiary/aromatic N) is 2. The predicted octanol–water partition coefficient (Wildman–Crippen LogP) is 7.34. The first-order valence-electron chi connectivity index (χ1n) is 9.65. The van der Waals surface area contributed by atoms with Crippen molar-refractivity contribution in [2.45, 2.75) is 41.5 Å². The van der Waals surface area contributed by atoms with Gasteiger partial charge < -0.3 is 0 Å². The van der Waals surface area contributed by atoms with Gasteiger partial charge in [-0.15, -0.1) is 0 Å². The van der Waals surface area contributed by atoms with Crippen LogP contribution in [-0.2, 0) is 4.79 Å². The van der Waals surface area contributed by atoms with E-state index in [1.807, 2.05) is 42.5 Å². The highest BCUT2D eigenvalue weighted by molar-refractivity contribution is 6.11. The maximum absolute atomic E-state index is 13.0. The lowest BCUT2D eigenvalue weighted by atomic mass is 9.72. The number of fused-ring (bicyclic) bond motifs is 1. The lowest BCUT2D eigenvalue weighted by Gasteiger charge is -2.31. The maximum atomic E-state index is 13.0. The Balaban J connectivity index is 2.01. The van der Waals surface area contributed by atoms with Gasteiger partial charge in [-0.2, -0.15) is 10.2 Å². The summed E-state index contributed by atoms with van der Waals surface area (Å²) >= 11 is 0. The normalized spacial score (nSPS) is 15.8. The number of rotatable bonds is 2. The van der Waals surface area contributed by atoms with Gasteiger partial charge in [0, 0.05) is 16.5 Å². The molecule has 0 heterocycles. The summed E-state index contributed by atoms with van der Waals surface area (Å²) in [5.74, 6) is 0.128. The van der Waals surface area contributed by atoms with Crippen molar-refractivity contribution < 1.29 is 4.79 Å². The second-order valence-corrected chi connectivity index (χ2v) is 9.29. The average Bonchev–Trinajstić information content (AvgIpc) is 2.61. The standard InChI is InChI=1S/C25H28N2O/c1-24(2,3)20-14-17(15-21(23(20)28)25(4,5)6)16-26-27-22-13-9-11-18-10-7-8-12-19(18)22/h7-16H,1-6H3. The maximum Gasteiger partial charge on any atom is 0.186 e. The second-order valence-electron chi connectivity index (χ2n) is 9.29. The minimum absolute atomic E-state index is 0.128. The number of carbonyl (C=O) groups is 1. The molecule has 2 aromatic carbocycles. The Kier molecular flexibility index (Phi) is 5.20. The van der Waals surface area contributed by atoms with E-state index >= 15 is 0 Å². The second kappa shape index (κ2) is 7.31. The van der Waals surface area contributed by atoms with Crippen LogP contribution in [0.1, 0.15) is 41.5 Å². The summed E-state index contributed by atoms with van der Waals surface area (Å²) in [4.78, 5) is 13.0. The topological polar surface area (TPSA) is 41.8 Å². The van der Waals surface area contributed by atoms with Gasteiger partial charge in [0.1, 0.15) is 0 Å². The van der Waals surface area contributed by atoms with Crippen LogP contribution in [0.2, 0.25) is 0 Å². The molecule has 1 aliphatic rings. The van der Waals surface area contributed by atoms with Crippen molar-refractivity contribution in [2.24, 2.45) is 21.1 Å². The number of Topliss-reactive ketones (excluding diaryl/α,β-unsaturated/α-hetero) is 1. The number of ketones is 1. The molecule has 3 rings (SSSR count). The Morgan fingerprint density at radius 2 is 1.36 bits per heavy atom. The molecular weight excluding hydrogens is 344 g/mol. The molecule has 0 aliphatic heterocycles. The molecule has 0 saturated heterocycles. The summed E-state index contributed by atoms with van der Waals surface area (Å²) in [5.41, 5.74) is 2.90. The number of allylic oxidation sites excluding steroid dienone is 5. The molecule has 0 radical (unpaired) electrons. The molecule has 3 heteroatoms. The molecular formula is C25H28N2O. The molecule has 28 heavy (non-hydrogen) atoms. The molecule has 0 saturated carbocycles. The Morgan fingerprint density at radius 1 is 0.786 bits per heavy atom. The zero-order valence-electron chi connectivity index (χ0n) is 17.6. The smallest absolute Gasteiger partial charge is 0.186 e. The van der Waals surface area contributed by atoms with E-state index in [0.29, 0.717) is 0 Å². The third-order valence-electron chi connectivity index (χ3n) is 4.87. The van der Waals surface area contributed by atoms with Crippen molar-refractivity contribution in [1.29, 1.82) is 0 Å². The summed E-state index contributed by atoms with van der Waals surface area (Å²) in [6, 6.07) is 14.1. The van der Waals surface area contributed by atoms with E-state index < -0.39 is 0 Å². The predicted molar refractivity (Wildman–Crippen MR) is 117 cm³/mol.